The molecule has 4 N–H and O–H groups in total. The quantitative estimate of drug-likeness (QED) is 0.270. The minimum atomic E-state index is 0.156. The van der Waals surface area contributed by atoms with Crippen LogP contribution in [-0.4, -0.2) is 106 Å². The van der Waals surface area contributed by atoms with Crippen LogP contribution in [0.5, 0.6) is 5.75 Å². The Labute approximate surface area is 173 Å². The number of rotatable bonds is 8. The number of carbonyl (C=O) groups is 1. The van der Waals surface area contributed by atoms with Gasteiger partial charge in [-0.05, 0) is 25.2 Å². The number of nitrogens with zero attached hydrogens (tertiary/aromatic N) is 4. The van der Waals surface area contributed by atoms with Gasteiger partial charge in [-0.3, -0.25) is 19.6 Å². The predicted octanol–water partition coefficient (Wildman–Crippen LogP) is -0.195. The summed E-state index contributed by atoms with van der Waals surface area (Å²) in [5, 5.41) is 19.5. The minimum Gasteiger partial charge on any atom is -0.508 e. The van der Waals surface area contributed by atoms with Crippen LogP contribution in [0.4, 0.5) is 5.69 Å². The Bertz CT molecular complexity index is 687. The van der Waals surface area contributed by atoms with Gasteiger partial charge in [-0.2, -0.15) is 0 Å². The molecule has 1 fully saturated rings. The summed E-state index contributed by atoms with van der Waals surface area (Å²) in [7, 11) is 7.25. The molecule has 1 aliphatic rings. The van der Waals surface area contributed by atoms with Gasteiger partial charge in [0.2, 0.25) is 5.91 Å². The number of phenols is 1. The summed E-state index contributed by atoms with van der Waals surface area (Å²) in [6.07, 6.45) is 0. The Kier molecular flexibility index (Phi) is 9.17. The van der Waals surface area contributed by atoms with Gasteiger partial charge in [0.15, 0.2) is 5.96 Å². The SMILES string of the molecule is CN=C(NC)Nc1ccc(O)c(CN2CCN(CC(=O)N(C)CCNC)CC2)c1. The van der Waals surface area contributed by atoms with Gasteiger partial charge in [0.05, 0.1) is 6.54 Å². The molecule has 0 saturated carbocycles. The van der Waals surface area contributed by atoms with E-state index in [2.05, 4.69) is 30.7 Å². The highest BCUT2D eigenvalue weighted by Crippen LogP contribution is 2.23. The number of hydrogen-bond donors (Lipinski definition) is 4. The highest BCUT2D eigenvalue weighted by molar-refractivity contribution is 5.93. The minimum absolute atomic E-state index is 0.156. The molecule has 0 radical (unpaired) electrons. The van der Waals surface area contributed by atoms with Gasteiger partial charge in [-0.25, -0.2) is 0 Å². The Hall–Kier alpha value is -2.36. The monoisotopic (exact) mass is 405 g/mol. The maximum Gasteiger partial charge on any atom is 0.236 e. The Morgan fingerprint density at radius 1 is 1.21 bits per heavy atom. The molecule has 1 heterocycles. The first-order chi connectivity index (χ1) is 14.0. The second kappa shape index (κ2) is 11.6. The largest absolute Gasteiger partial charge is 0.508 e. The van der Waals surface area contributed by atoms with E-state index in [1.54, 1.807) is 25.1 Å². The fraction of sp³-hybridized carbons (Fsp3) is 0.600. The number of hydrogen-bond acceptors (Lipinski definition) is 6. The number of phenolic OH excluding ortho intramolecular Hbond substituents is 1. The topological polar surface area (TPSA) is 95.5 Å². The molecule has 1 aromatic carbocycles. The standard InChI is InChI=1S/C20H35N7O2/c1-21-7-8-25(4)19(29)15-27-11-9-26(10-12-27)14-16-13-17(5-6-18(16)28)24-20(22-2)23-3/h5-6,13,21,28H,7-12,14-15H2,1-4H3,(H2,22,23,24). The van der Waals surface area contributed by atoms with Gasteiger partial charge in [-0.15, -0.1) is 0 Å². The first-order valence-corrected chi connectivity index (χ1v) is 10.0. The van der Waals surface area contributed by atoms with E-state index in [4.69, 9.17) is 0 Å². The number of aliphatic imine (C=N–C) groups is 1. The third-order valence-corrected chi connectivity index (χ3v) is 5.14. The summed E-state index contributed by atoms with van der Waals surface area (Å²) in [6, 6.07) is 5.48. The number of piperazine rings is 1. The highest BCUT2D eigenvalue weighted by Gasteiger charge is 2.21. The molecule has 1 saturated heterocycles. The summed E-state index contributed by atoms with van der Waals surface area (Å²) in [5.74, 6) is 1.11. The zero-order valence-corrected chi connectivity index (χ0v) is 18.0. The Balaban J connectivity index is 1.85. The van der Waals surface area contributed by atoms with E-state index in [1.165, 1.54) is 0 Å². The lowest BCUT2D eigenvalue weighted by molar-refractivity contribution is -0.131. The van der Waals surface area contributed by atoms with Gasteiger partial charge < -0.3 is 26.0 Å². The maximum atomic E-state index is 12.3. The predicted molar refractivity (Wildman–Crippen MR) is 117 cm³/mol. The van der Waals surface area contributed by atoms with Crippen molar-refractivity contribution in [2.24, 2.45) is 4.99 Å². The molecule has 0 aliphatic carbocycles. The van der Waals surface area contributed by atoms with Crippen molar-refractivity contribution in [2.45, 2.75) is 6.54 Å². The van der Waals surface area contributed by atoms with Crippen molar-refractivity contribution in [3.63, 3.8) is 0 Å². The lowest BCUT2D eigenvalue weighted by Gasteiger charge is -2.35. The summed E-state index contributed by atoms with van der Waals surface area (Å²) in [4.78, 5) is 22.7. The van der Waals surface area contributed by atoms with Crippen molar-refractivity contribution in [3.8, 4) is 5.75 Å². The highest BCUT2D eigenvalue weighted by atomic mass is 16.3. The van der Waals surface area contributed by atoms with E-state index >= 15 is 0 Å². The molecule has 1 amide bonds. The summed E-state index contributed by atoms with van der Waals surface area (Å²) >= 11 is 0. The molecular weight excluding hydrogens is 370 g/mol. The van der Waals surface area contributed by atoms with Gasteiger partial charge in [-0.1, -0.05) is 0 Å². The Morgan fingerprint density at radius 2 is 1.90 bits per heavy atom. The van der Waals surface area contributed by atoms with E-state index in [-0.39, 0.29) is 5.91 Å². The second-order valence-corrected chi connectivity index (χ2v) is 7.26. The van der Waals surface area contributed by atoms with Crippen LogP contribution in [0.15, 0.2) is 23.2 Å². The lowest BCUT2D eigenvalue weighted by atomic mass is 10.1. The van der Waals surface area contributed by atoms with Crippen molar-refractivity contribution in [3.05, 3.63) is 23.8 Å². The number of guanidine groups is 1. The fourth-order valence-electron chi connectivity index (χ4n) is 3.22. The average Bonchev–Trinajstić information content (AvgIpc) is 2.73. The fourth-order valence-corrected chi connectivity index (χ4v) is 3.22. The van der Waals surface area contributed by atoms with E-state index in [9.17, 15) is 9.90 Å². The zero-order chi connectivity index (χ0) is 21.2. The molecule has 1 aromatic rings. The molecule has 2 rings (SSSR count). The van der Waals surface area contributed by atoms with Crippen molar-refractivity contribution >= 4 is 17.6 Å². The van der Waals surface area contributed by atoms with E-state index < -0.39 is 0 Å². The van der Waals surface area contributed by atoms with Crippen LogP contribution in [0.2, 0.25) is 0 Å². The van der Waals surface area contributed by atoms with E-state index in [0.29, 0.717) is 24.8 Å². The first-order valence-electron chi connectivity index (χ1n) is 10.0. The molecule has 162 valence electrons. The van der Waals surface area contributed by atoms with Gasteiger partial charge in [0.25, 0.3) is 0 Å². The molecule has 9 heteroatoms. The number of likely N-dealkylation sites (N-methyl/N-ethyl adjacent to an activating group) is 2. The smallest absolute Gasteiger partial charge is 0.236 e. The molecule has 9 nitrogen and oxygen atoms in total. The maximum absolute atomic E-state index is 12.3. The van der Waals surface area contributed by atoms with Crippen LogP contribution >= 0.6 is 0 Å². The number of nitrogens with one attached hydrogen (secondary N) is 3. The molecule has 29 heavy (non-hydrogen) atoms. The van der Waals surface area contributed by atoms with E-state index in [1.807, 2.05) is 26.2 Å². The van der Waals surface area contributed by atoms with Crippen LogP contribution in [0.25, 0.3) is 0 Å². The third-order valence-electron chi connectivity index (χ3n) is 5.14. The summed E-state index contributed by atoms with van der Waals surface area (Å²) in [5.41, 5.74) is 1.75. The summed E-state index contributed by atoms with van der Waals surface area (Å²) in [6.45, 7) is 6.06. The zero-order valence-electron chi connectivity index (χ0n) is 18.0. The average molecular weight is 406 g/mol. The van der Waals surface area contributed by atoms with Crippen LogP contribution in [0.3, 0.4) is 0 Å². The molecule has 0 bridgehead atoms. The molecule has 1 aliphatic heterocycles. The molecule has 0 spiro atoms. The third kappa shape index (κ3) is 7.19. The molecule has 0 atom stereocenters. The van der Waals surface area contributed by atoms with Crippen molar-refractivity contribution in [1.29, 1.82) is 0 Å². The van der Waals surface area contributed by atoms with Crippen molar-refractivity contribution in [2.75, 3.05) is 79.3 Å². The number of amides is 1. The molecular formula is C20H35N7O2. The number of aromatic hydroxyl groups is 1. The van der Waals surface area contributed by atoms with Crippen LogP contribution in [0, 0.1) is 0 Å². The first kappa shape index (κ1) is 22.9. The van der Waals surface area contributed by atoms with Gasteiger partial charge >= 0.3 is 0 Å². The number of benzene rings is 1. The Morgan fingerprint density at radius 3 is 2.52 bits per heavy atom. The van der Waals surface area contributed by atoms with Crippen LogP contribution in [-0.2, 0) is 11.3 Å². The van der Waals surface area contributed by atoms with Gasteiger partial charge in [0, 0.05) is 78.2 Å². The molecule has 0 unspecified atom stereocenters. The van der Waals surface area contributed by atoms with E-state index in [0.717, 1.165) is 50.5 Å². The van der Waals surface area contributed by atoms with Crippen LogP contribution < -0.4 is 16.0 Å². The number of carbonyl (C=O) groups excluding carboxylic acids is 1. The van der Waals surface area contributed by atoms with Crippen molar-refractivity contribution < 1.29 is 9.90 Å². The normalized spacial score (nSPS) is 15.9. The van der Waals surface area contributed by atoms with Crippen molar-refractivity contribution in [1.82, 2.24) is 25.3 Å². The number of anilines is 1. The summed E-state index contributed by atoms with van der Waals surface area (Å²) < 4.78 is 0. The molecule has 0 aromatic heterocycles. The van der Waals surface area contributed by atoms with Crippen LogP contribution in [0.1, 0.15) is 5.56 Å². The lowest BCUT2D eigenvalue weighted by Crippen LogP contribution is -2.49. The second-order valence-electron chi connectivity index (χ2n) is 7.26. The van der Waals surface area contributed by atoms with Gasteiger partial charge in [0.1, 0.15) is 5.75 Å².